The van der Waals surface area contributed by atoms with Crippen LogP contribution in [0.4, 0.5) is 18.9 Å². The number of carbonyl (C=O) groups is 1. The minimum atomic E-state index is -4.47. The van der Waals surface area contributed by atoms with Crippen LogP contribution < -0.4 is 11.1 Å². The first-order valence-corrected chi connectivity index (χ1v) is 6.33. The third-order valence-electron chi connectivity index (χ3n) is 3.31. The lowest BCUT2D eigenvalue weighted by Crippen LogP contribution is -2.30. The van der Waals surface area contributed by atoms with E-state index >= 15 is 0 Å². The molecule has 0 bridgehead atoms. The monoisotopic (exact) mass is 324 g/mol. The number of halogens is 4. The van der Waals surface area contributed by atoms with Gasteiger partial charge in [0.15, 0.2) is 0 Å². The molecule has 0 spiro atoms. The van der Waals surface area contributed by atoms with Gasteiger partial charge in [0.2, 0.25) is 5.91 Å². The molecule has 0 unspecified atom stereocenters. The van der Waals surface area contributed by atoms with Crippen LogP contribution in [0.1, 0.15) is 38.3 Å². The van der Waals surface area contributed by atoms with E-state index in [2.05, 4.69) is 5.32 Å². The van der Waals surface area contributed by atoms with Crippen molar-refractivity contribution in [2.45, 2.75) is 39.9 Å². The third-order valence-corrected chi connectivity index (χ3v) is 3.31. The number of amides is 1. The molecule has 0 radical (unpaired) electrons. The van der Waals surface area contributed by atoms with Crippen molar-refractivity contribution in [2.75, 3.05) is 5.32 Å². The smallest absolute Gasteiger partial charge is 0.326 e. The topological polar surface area (TPSA) is 55.1 Å². The first-order chi connectivity index (χ1) is 9.10. The van der Waals surface area contributed by atoms with Gasteiger partial charge in [-0.25, -0.2) is 0 Å². The number of benzene rings is 1. The second-order valence-corrected chi connectivity index (χ2v) is 5.31. The zero-order valence-corrected chi connectivity index (χ0v) is 13.0. The predicted octanol–water partition coefficient (Wildman–Crippen LogP) is 3.96. The Balaban J connectivity index is 0.00000400. The Morgan fingerprint density at radius 3 is 2.24 bits per heavy atom. The van der Waals surface area contributed by atoms with Crippen molar-refractivity contribution in [3.8, 4) is 0 Å². The fourth-order valence-corrected chi connectivity index (χ4v) is 1.51. The molecular weight excluding hydrogens is 305 g/mol. The summed E-state index contributed by atoms with van der Waals surface area (Å²) in [7, 11) is 0. The SMILES string of the molecule is CCC(C)(C)C(=O)Nc1cc(CN)cc(C(F)(F)F)c1.Cl. The van der Waals surface area contributed by atoms with E-state index in [0.29, 0.717) is 12.0 Å². The average Bonchev–Trinajstić information content (AvgIpc) is 2.37. The van der Waals surface area contributed by atoms with Crippen molar-refractivity contribution in [3.63, 3.8) is 0 Å². The standard InChI is InChI=1S/C14H19F3N2O.ClH/c1-4-13(2,3)12(20)19-11-6-9(8-18)5-10(7-11)14(15,16)17;/h5-7H,4,8,18H2,1-3H3,(H,19,20);1H. The van der Waals surface area contributed by atoms with Crippen LogP contribution in [0.2, 0.25) is 0 Å². The molecule has 7 heteroatoms. The number of hydrogen-bond donors (Lipinski definition) is 2. The quantitative estimate of drug-likeness (QED) is 0.880. The molecule has 0 aliphatic carbocycles. The summed E-state index contributed by atoms with van der Waals surface area (Å²) in [5, 5.41) is 2.53. The van der Waals surface area contributed by atoms with Gasteiger partial charge in [0.05, 0.1) is 5.56 Å². The van der Waals surface area contributed by atoms with Crippen molar-refractivity contribution in [1.29, 1.82) is 0 Å². The summed E-state index contributed by atoms with van der Waals surface area (Å²) < 4.78 is 38.3. The van der Waals surface area contributed by atoms with Crippen molar-refractivity contribution in [1.82, 2.24) is 0 Å². The van der Waals surface area contributed by atoms with Gasteiger partial charge in [-0.05, 0) is 30.2 Å². The Morgan fingerprint density at radius 1 is 1.24 bits per heavy atom. The maximum atomic E-state index is 12.8. The third kappa shape index (κ3) is 5.21. The van der Waals surface area contributed by atoms with Crippen LogP contribution in [0.25, 0.3) is 0 Å². The van der Waals surface area contributed by atoms with Gasteiger partial charge in [0.25, 0.3) is 0 Å². The molecule has 0 aliphatic rings. The largest absolute Gasteiger partial charge is 0.416 e. The molecule has 0 saturated carbocycles. The van der Waals surface area contributed by atoms with Gasteiger partial charge in [-0.15, -0.1) is 12.4 Å². The second-order valence-electron chi connectivity index (χ2n) is 5.31. The number of nitrogens with one attached hydrogen (secondary N) is 1. The number of hydrogen-bond acceptors (Lipinski definition) is 2. The molecule has 0 saturated heterocycles. The van der Waals surface area contributed by atoms with E-state index in [0.717, 1.165) is 12.1 Å². The number of alkyl halides is 3. The molecule has 0 fully saturated rings. The van der Waals surface area contributed by atoms with E-state index in [1.165, 1.54) is 6.07 Å². The van der Waals surface area contributed by atoms with Crippen LogP contribution in [-0.4, -0.2) is 5.91 Å². The zero-order chi connectivity index (χ0) is 15.6. The fraction of sp³-hybridized carbons (Fsp3) is 0.500. The number of anilines is 1. The molecule has 3 N–H and O–H groups in total. The number of carbonyl (C=O) groups excluding carboxylic acids is 1. The average molecular weight is 325 g/mol. The van der Waals surface area contributed by atoms with Gasteiger partial charge < -0.3 is 11.1 Å². The van der Waals surface area contributed by atoms with Crippen LogP contribution in [0, 0.1) is 5.41 Å². The lowest BCUT2D eigenvalue weighted by molar-refractivity contribution is -0.137. The van der Waals surface area contributed by atoms with Crippen LogP contribution in [0.5, 0.6) is 0 Å². The molecule has 1 aromatic rings. The summed E-state index contributed by atoms with van der Waals surface area (Å²) in [4.78, 5) is 12.0. The lowest BCUT2D eigenvalue weighted by atomic mass is 9.89. The molecule has 1 amide bonds. The normalized spacial score (nSPS) is 11.8. The van der Waals surface area contributed by atoms with Crippen molar-refractivity contribution < 1.29 is 18.0 Å². The minimum Gasteiger partial charge on any atom is -0.326 e. The number of rotatable bonds is 4. The highest BCUT2D eigenvalue weighted by atomic mass is 35.5. The van der Waals surface area contributed by atoms with Gasteiger partial charge in [-0.2, -0.15) is 13.2 Å². The summed E-state index contributed by atoms with van der Waals surface area (Å²) in [6.45, 7) is 5.29. The fourth-order valence-electron chi connectivity index (χ4n) is 1.51. The highest BCUT2D eigenvalue weighted by molar-refractivity contribution is 5.94. The first-order valence-electron chi connectivity index (χ1n) is 6.33. The van der Waals surface area contributed by atoms with E-state index in [4.69, 9.17) is 5.73 Å². The van der Waals surface area contributed by atoms with E-state index in [-0.39, 0.29) is 30.5 Å². The lowest BCUT2D eigenvalue weighted by Gasteiger charge is -2.22. The molecule has 0 atom stereocenters. The van der Waals surface area contributed by atoms with Gasteiger partial charge in [0.1, 0.15) is 0 Å². The number of nitrogens with two attached hydrogens (primary N) is 1. The molecule has 1 rings (SSSR count). The minimum absolute atomic E-state index is 0. The van der Waals surface area contributed by atoms with Crippen molar-refractivity contribution in [2.24, 2.45) is 11.1 Å². The highest BCUT2D eigenvalue weighted by Crippen LogP contribution is 2.32. The summed E-state index contributed by atoms with van der Waals surface area (Å²) in [6, 6.07) is 3.36. The van der Waals surface area contributed by atoms with Crippen molar-refractivity contribution >= 4 is 24.0 Å². The Morgan fingerprint density at radius 2 is 1.81 bits per heavy atom. The molecular formula is C14H20ClF3N2O. The highest BCUT2D eigenvalue weighted by Gasteiger charge is 2.32. The van der Waals surface area contributed by atoms with Crippen molar-refractivity contribution in [3.05, 3.63) is 29.3 Å². The molecule has 1 aromatic carbocycles. The predicted molar refractivity (Wildman–Crippen MR) is 79.3 cm³/mol. The van der Waals surface area contributed by atoms with E-state index in [1.807, 2.05) is 6.92 Å². The Hall–Kier alpha value is -1.27. The Labute approximate surface area is 128 Å². The first kappa shape index (κ1) is 19.7. The van der Waals surface area contributed by atoms with E-state index in [9.17, 15) is 18.0 Å². The molecule has 0 heterocycles. The second kappa shape index (κ2) is 7.13. The van der Waals surface area contributed by atoms with Crippen LogP contribution in [0.15, 0.2) is 18.2 Å². The molecule has 0 aromatic heterocycles. The maximum absolute atomic E-state index is 12.8. The molecule has 0 aliphatic heterocycles. The zero-order valence-electron chi connectivity index (χ0n) is 12.2. The Kier molecular flexibility index (Phi) is 6.70. The maximum Gasteiger partial charge on any atom is 0.416 e. The summed E-state index contributed by atoms with van der Waals surface area (Å²) >= 11 is 0. The summed E-state index contributed by atoms with van der Waals surface area (Å²) in [5.74, 6) is -0.317. The summed E-state index contributed by atoms with van der Waals surface area (Å²) in [5.41, 5.74) is 4.38. The van der Waals surface area contributed by atoms with Gasteiger partial charge in [0, 0.05) is 17.6 Å². The van der Waals surface area contributed by atoms with E-state index in [1.54, 1.807) is 13.8 Å². The molecule has 120 valence electrons. The van der Waals surface area contributed by atoms with Gasteiger partial charge in [-0.1, -0.05) is 20.8 Å². The van der Waals surface area contributed by atoms with Crippen LogP contribution in [0.3, 0.4) is 0 Å². The molecule has 3 nitrogen and oxygen atoms in total. The van der Waals surface area contributed by atoms with Crippen LogP contribution >= 0.6 is 12.4 Å². The molecule has 21 heavy (non-hydrogen) atoms. The van der Waals surface area contributed by atoms with E-state index < -0.39 is 17.2 Å². The van der Waals surface area contributed by atoms with Gasteiger partial charge >= 0.3 is 6.18 Å². The Bertz CT molecular complexity index is 501. The summed E-state index contributed by atoms with van der Waals surface area (Å²) in [6.07, 6.45) is -3.88. The van der Waals surface area contributed by atoms with Gasteiger partial charge in [-0.3, -0.25) is 4.79 Å². The van der Waals surface area contributed by atoms with Crippen LogP contribution in [-0.2, 0) is 17.5 Å².